The standard InChI is InChI=1S/C12H19N/c1-12(2,3)11(13-4)10-8-6-5-7-9-10/h5-9,11,13H,1-4H3. The van der Waals surface area contributed by atoms with E-state index in [4.69, 9.17) is 0 Å². The quantitative estimate of drug-likeness (QED) is 0.732. The summed E-state index contributed by atoms with van der Waals surface area (Å²) in [5.74, 6) is 0. The lowest BCUT2D eigenvalue weighted by Gasteiger charge is -2.30. The minimum absolute atomic E-state index is 0.260. The van der Waals surface area contributed by atoms with E-state index in [2.05, 4.69) is 56.4 Å². The van der Waals surface area contributed by atoms with Gasteiger partial charge in [-0.25, -0.2) is 0 Å². The van der Waals surface area contributed by atoms with Crippen LogP contribution >= 0.6 is 0 Å². The Kier molecular flexibility index (Phi) is 3.10. The number of rotatable bonds is 2. The van der Waals surface area contributed by atoms with E-state index in [0.29, 0.717) is 6.04 Å². The minimum Gasteiger partial charge on any atom is -0.313 e. The van der Waals surface area contributed by atoms with Gasteiger partial charge in [0.05, 0.1) is 0 Å². The van der Waals surface area contributed by atoms with Gasteiger partial charge >= 0.3 is 0 Å². The van der Waals surface area contributed by atoms with Crippen LogP contribution < -0.4 is 5.32 Å². The lowest BCUT2D eigenvalue weighted by atomic mass is 9.82. The SMILES string of the molecule is CNC(c1ccccc1)C(C)(C)C. The highest BCUT2D eigenvalue weighted by atomic mass is 14.9. The Labute approximate surface area is 81.2 Å². The van der Waals surface area contributed by atoms with Crippen molar-refractivity contribution in [3.63, 3.8) is 0 Å². The van der Waals surface area contributed by atoms with Crippen molar-refractivity contribution in [3.8, 4) is 0 Å². The summed E-state index contributed by atoms with van der Waals surface area (Å²) < 4.78 is 0. The smallest absolute Gasteiger partial charge is 0.0366 e. The molecule has 1 nitrogen and oxygen atoms in total. The van der Waals surface area contributed by atoms with Crippen molar-refractivity contribution in [2.75, 3.05) is 7.05 Å². The predicted octanol–water partition coefficient (Wildman–Crippen LogP) is 2.99. The highest BCUT2D eigenvalue weighted by Crippen LogP contribution is 2.31. The molecule has 0 amide bonds. The van der Waals surface area contributed by atoms with Crippen LogP contribution in [0.3, 0.4) is 0 Å². The van der Waals surface area contributed by atoms with Crippen LogP contribution in [0.5, 0.6) is 0 Å². The van der Waals surface area contributed by atoms with Gasteiger partial charge in [-0.1, -0.05) is 51.1 Å². The topological polar surface area (TPSA) is 12.0 Å². The predicted molar refractivity (Wildman–Crippen MR) is 57.7 cm³/mol. The van der Waals surface area contributed by atoms with Crippen LogP contribution in [-0.2, 0) is 0 Å². The molecular weight excluding hydrogens is 158 g/mol. The van der Waals surface area contributed by atoms with E-state index in [-0.39, 0.29) is 5.41 Å². The van der Waals surface area contributed by atoms with E-state index >= 15 is 0 Å². The van der Waals surface area contributed by atoms with Crippen molar-refractivity contribution >= 4 is 0 Å². The van der Waals surface area contributed by atoms with E-state index in [1.54, 1.807) is 0 Å². The average Bonchev–Trinajstić information content (AvgIpc) is 2.05. The molecule has 0 radical (unpaired) electrons. The van der Waals surface area contributed by atoms with Crippen LogP contribution in [0, 0.1) is 5.41 Å². The third kappa shape index (κ3) is 2.56. The molecule has 0 aliphatic heterocycles. The molecule has 0 spiro atoms. The average molecular weight is 177 g/mol. The van der Waals surface area contributed by atoms with Crippen molar-refractivity contribution in [2.24, 2.45) is 5.41 Å². The minimum atomic E-state index is 0.260. The van der Waals surface area contributed by atoms with Gasteiger partial charge in [0, 0.05) is 6.04 Å². The van der Waals surface area contributed by atoms with Crippen molar-refractivity contribution < 1.29 is 0 Å². The molecule has 1 aromatic rings. The van der Waals surface area contributed by atoms with Crippen LogP contribution in [0.25, 0.3) is 0 Å². The molecule has 1 N–H and O–H groups in total. The third-order valence-corrected chi connectivity index (χ3v) is 2.29. The molecule has 1 aromatic carbocycles. The summed E-state index contributed by atoms with van der Waals surface area (Å²) >= 11 is 0. The Morgan fingerprint density at radius 2 is 1.62 bits per heavy atom. The van der Waals surface area contributed by atoms with Gasteiger partial charge < -0.3 is 5.32 Å². The second kappa shape index (κ2) is 3.93. The van der Waals surface area contributed by atoms with Gasteiger partial charge in [0.15, 0.2) is 0 Å². The lowest BCUT2D eigenvalue weighted by Crippen LogP contribution is -2.29. The zero-order valence-corrected chi connectivity index (χ0v) is 8.96. The molecule has 0 aliphatic rings. The summed E-state index contributed by atoms with van der Waals surface area (Å²) in [6.45, 7) is 6.75. The number of hydrogen-bond donors (Lipinski definition) is 1. The van der Waals surface area contributed by atoms with Crippen LogP contribution in [0.4, 0.5) is 0 Å². The van der Waals surface area contributed by atoms with Gasteiger partial charge in [0.1, 0.15) is 0 Å². The molecule has 0 aromatic heterocycles. The Balaban J connectivity index is 2.92. The zero-order chi connectivity index (χ0) is 9.90. The number of hydrogen-bond acceptors (Lipinski definition) is 1. The normalized spacial score (nSPS) is 14.2. The second-order valence-electron chi connectivity index (χ2n) is 4.50. The maximum Gasteiger partial charge on any atom is 0.0366 e. The summed E-state index contributed by atoms with van der Waals surface area (Å²) in [6, 6.07) is 11.0. The fourth-order valence-corrected chi connectivity index (χ4v) is 1.75. The zero-order valence-electron chi connectivity index (χ0n) is 8.96. The number of nitrogens with one attached hydrogen (secondary N) is 1. The Morgan fingerprint density at radius 3 is 2.00 bits per heavy atom. The molecule has 1 heteroatoms. The molecule has 0 saturated heterocycles. The molecule has 1 unspecified atom stereocenters. The summed E-state index contributed by atoms with van der Waals surface area (Å²) in [5, 5.41) is 3.36. The first-order valence-corrected chi connectivity index (χ1v) is 4.78. The molecule has 0 heterocycles. The van der Waals surface area contributed by atoms with Gasteiger partial charge in [-0.05, 0) is 18.0 Å². The summed E-state index contributed by atoms with van der Waals surface area (Å²) in [5.41, 5.74) is 1.62. The molecule has 0 aliphatic carbocycles. The highest BCUT2D eigenvalue weighted by Gasteiger charge is 2.23. The number of benzene rings is 1. The van der Waals surface area contributed by atoms with Crippen LogP contribution in [0.1, 0.15) is 32.4 Å². The Bertz CT molecular complexity index is 246. The van der Waals surface area contributed by atoms with E-state index < -0.39 is 0 Å². The highest BCUT2D eigenvalue weighted by molar-refractivity contribution is 5.20. The van der Waals surface area contributed by atoms with Crippen molar-refractivity contribution in [1.82, 2.24) is 5.32 Å². The molecule has 1 atom stereocenters. The van der Waals surface area contributed by atoms with Gasteiger partial charge in [-0.15, -0.1) is 0 Å². The molecule has 13 heavy (non-hydrogen) atoms. The summed E-state index contributed by atoms with van der Waals surface area (Å²) in [6.07, 6.45) is 0. The van der Waals surface area contributed by atoms with Crippen LogP contribution in [-0.4, -0.2) is 7.05 Å². The molecule has 1 rings (SSSR count). The first-order valence-electron chi connectivity index (χ1n) is 4.78. The molecule has 0 saturated carbocycles. The van der Waals surface area contributed by atoms with Crippen LogP contribution in [0.2, 0.25) is 0 Å². The Hall–Kier alpha value is -0.820. The third-order valence-electron chi connectivity index (χ3n) is 2.29. The Morgan fingerprint density at radius 1 is 1.08 bits per heavy atom. The van der Waals surface area contributed by atoms with Gasteiger partial charge in [-0.3, -0.25) is 0 Å². The first-order chi connectivity index (χ1) is 6.05. The maximum atomic E-state index is 3.36. The van der Waals surface area contributed by atoms with Gasteiger partial charge in [0.2, 0.25) is 0 Å². The van der Waals surface area contributed by atoms with Crippen molar-refractivity contribution in [2.45, 2.75) is 26.8 Å². The molecule has 0 bridgehead atoms. The molecule has 72 valence electrons. The molecular formula is C12H19N. The maximum absolute atomic E-state index is 3.36. The van der Waals surface area contributed by atoms with E-state index in [0.717, 1.165) is 0 Å². The monoisotopic (exact) mass is 177 g/mol. The van der Waals surface area contributed by atoms with Gasteiger partial charge in [0.25, 0.3) is 0 Å². The van der Waals surface area contributed by atoms with E-state index in [1.807, 2.05) is 7.05 Å². The first kappa shape index (κ1) is 10.3. The van der Waals surface area contributed by atoms with Crippen molar-refractivity contribution in [3.05, 3.63) is 35.9 Å². The second-order valence-corrected chi connectivity index (χ2v) is 4.50. The molecule has 0 fully saturated rings. The fourth-order valence-electron chi connectivity index (χ4n) is 1.75. The van der Waals surface area contributed by atoms with Crippen LogP contribution in [0.15, 0.2) is 30.3 Å². The van der Waals surface area contributed by atoms with E-state index in [1.165, 1.54) is 5.56 Å². The van der Waals surface area contributed by atoms with Crippen molar-refractivity contribution in [1.29, 1.82) is 0 Å². The van der Waals surface area contributed by atoms with Gasteiger partial charge in [-0.2, -0.15) is 0 Å². The fraction of sp³-hybridized carbons (Fsp3) is 0.500. The summed E-state index contributed by atoms with van der Waals surface area (Å²) in [4.78, 5) is 0. The van der Waals surface area contributed by atoms with E-state index in [9.17, 15) is 0 Å². The summed E-state index contributed by atoms with van der Waals surface area (Å²) in [7, 11) is 2.02. The lowest BCUT2D eigenvalue weighted by molar-refractivity contribution is 0.287. The largest absolute Gasteiger partial charge is 0.313 e.